The zero-order valence-corrected chi connectivity index (χ0v) is 24.8. The van der Waals surface area contributed by atoms with Crippen LogP contribution in [0.1, 0.15) is 121 Å². The number of aromatic hydroxyl groups is 2. The van der Waals surface area contributed by atoms with Crippen LogP contribution in [0.2, 0.25) is 0 Å². The Morgan fingerprint density at radius 3 is 2.26 bits per heavy atom. The zero-order valence-electron chi connectivity index (χ0n) is 24.8. The number of phenols is 2. The van der Waals surface area contributed by atoms with Gasteiger partial charge < -0.3 is 35.6 Å². The van der Waals surface area contributed by atoms with E-state index in [0.29, 0.717) is 6.42 Å². The van der Waals surface area contributed by atoms with Crippen LogP contribution in [0, 0.1) is 0 Å². The second-order valence-corrected chi connectivity index (χ2v) is 12.3. The van der Waals surface area contributed by atoms with Gasteiger partial charge in [0.05, 0.1) is 29.8 Å². The van der Waals surface area contributed by atoms with Gasteiger partial charge in [0, 0.05) is 41.5 Å². The first-order valence-electron chi connectivity index (χ1n) is 15.3. The molecule has 0 unspecified atom stereocenters. The van der Waals surface area contributed by atoms with Gasteiger partial charge in [-0.3, -0.25) is 14.4 Å². The van der Waals surface area contributed by atoms with E-state index in [0.717, 1.165) is 32.1 Å². The Hall–Kier alpha value is -3.15. The van der Waals surface area contributed by atoms with E-state index in [9.17, 15) is 34.8 Å². The van der Waals surface area contributed by atoms with Crippen LogP contribution in [-0.2, 0) is 20.7 Å². The fraction of sp³-hybridized carbons (Fsp3) is 0.545. The van der Waals surface area contributed by atoms with Crippen molar-refractivity contribution in [2.75, 3.05) is 0 Å². The number of benzene rings is 2. The van der Waals surface area contributed by atoms with Gasteiger partial charge in [0.15, 0.2) is 23.6 Å². The molecule has 2 aliphatic carbocycles. The molecule has 0 radical (unpaired) electrons. The molecule has 10 nitrogen and oxygen atoms in total. The number of unbranched alkanes of at least 4 members (excludes halogenated alkanes) is 5. The van der Waals surface area contributed by atoms with Crippen LogP contribution in [0.25, 0.3) is 0 Å². The predicted octanol–water partition coefficient (Wildman–Crippen LogP) is 3.03. The fourth-order valence-electron chi connectivity index (χ4n) is 6.73. The van der Waals surface area contributed by atoms with Crippen molar-refractivity contribution in [2.45, 2.75) is 114 Å². The molecule has 1 heterocycles. The molecule has 0 amide bonds. The van der Waals surface area contributed by atoms with Crippen LogP contribution in [-0.4, -0.2) is 67.9 Å². The Bertz CT molecular complexity index is 1410. The second-order valence-electron chi connectivity index (χ2n) is 12.3. The smallest absolute Gasteiger partial charge is 0.198 e. The van der Waals surface area contributed by atoms with Gasteiger partial charge in [0.25, 0.3) is 0 Å². The number of rotatable bonds is 10. The number of hydrogen-bond acceptors (Lipinski definition) is 9. The molecule has 2 aromatic rings. The minimum atomic E-state index is -1.96. The van der Waals surface area contributed by atoms with Crippen LogP contribution in [0.15, 0.2) is 24.3 Å². The SMILES string of the molecule is CCCCCCCCC(=O)[C@]1(O)Cc2c(O)c3c(c(O)c2[C@@H](O[C@H]2C[C@H]([NH3+])[C@H](O)[C@H](C)O2)C1)C(=O)c1ccccc1C3=O. The van der Waals surface area contributed by atoms with Crippen molar-refractivity contribution >= 4 is 17.3 Å². The fourth-order valence-corrected chi connectivity index (χ4v) is 6.73. The minimum absolute atomic E-state index is 0.0121. The minimum Gasteiger partial charge on any atom is -0.507 e. The quantitative estimate of drug-likeness (QED) is 0.174. The van der Waals surface area contributed by atoms with Gasteiger partial charge in [-0.15, -0.1) is 0 Å². The first-order chi connectivity index (χ1) is 20.5. The van der Waals surface area contributed by atoms with Crippen molar-refractivity contribution in [3.8, 4) is 11.5 Å². The normalized spacial score (nSPS) is 28.3. The Labute approximate surface area is 250 Å². The maximum Gasteiger partial charge on any atom is 0.198 e. The standard InChI is InChI=1S/C33H41NO9/c1-3-4-5-6-7-8-13-23(35)33(41)15-20-25(22(16-33)43-24-14-21(34)28(36)17(2)42-24)32(40)27-26(31(20)39)29(37)18-11-9-10-12-19(18)30(27)38/h9-12,17,21-22,24,28,36,39-41H,3-8,13-16,34H2,1-2H3/p+1/t17-,21-,22-,24-,28+,33-/m0/s1. The largest absolute Gasteiger partial charge is 0.507 e. The summed E-state index contributed by atoms with van der Waals surface area (Å²) in [5.74, 6) is -2.76. The van der Waals surface area contributed by atoms with Crippen molar-refractivity contribution in [3.63, 3.8) is 0 Å². The molecular formula is C33H42NO9+. The van der Waals surface area contributed by atoms with Gasteiger partial charge in [-0.1, -0.05) is 63.3 Å². The molecule has 1 aliphatic heterocycles. The van der Waals surface area contributed by atoms with Crippen LogP contribution < -0.4 is 5.73 Å². The van der Waals surface area contributed by atoms with Crippen LogP contribution in [0.4, 0.5) is 0 Å². The Balaban J connectivity index is 1.53. The lowest BCUT2D eigenvalue weighted by atomic mass is 9.71. The third-order valence-corrected chi connectivity index (χ3v) is 9.19. The number of fused-ring (bicyclic) bond motifs is 3. The summed E-state index contributed by atoms with van der Waals surface area (Å²) in [4.78, 5) is 40.6. The Morgan fingerprint density at radius 2 is 1.63 bits per heavy atom. The maximum absolute atomic E-state index is 13.6. The van der Waals surface area contributed by atoms with Gasteiger partial charge in [0.1, 0.15) is 29.2 Å². The molecule has 5 rings (SSSR count). The molecule has 232 valence electrons. The summed E-state index contributed by atoms with van der Waals surface area (Å²) in [6.45, 7) is 3.80. The van der Waals surface area contributed by atoms with E-state index in [1.165, 1.54) is 12.1 Å². The molecule has 1 saturated heterocycles. The number of Topliss-reactive ketones (excluding diaryl/α,β-unsaturated/α-hetero) is 1. The maximum atomic E-state index is 13.6. The average molecular weight is 597 g/mol. The zero-order chi connectivity index (χ0) is 31.1. The molecule has 0 bridgehead atoms. The summed E-state index contributed by atoms with van der Waals surface area (Å²) in [7, 11) is 0. The van der Waals surface area contributed by atoms with Crippen molar-refractivity contribution < 1.29 is 50.0 Å². The van der Waals surface area contributed by atoms with E-state index in [1.54, 1.807) is 19.1 Å². The third-order valence-electron chi connectivity index (χ3n) is 9.19. The number of quaternary nitrogens is 1. The predicted molar refractivity (Wildman–Crippen MR) is 155 cm³/mol. The van der Waals surface area contributed by atoms with Gasteiger partial charge in [-0.25, -0.2) is 0 Å². The molecule has 43 heavy (non-hydrogen) atoms. The number of aliphatic hydroxyl groups is 2. The molecule has 3 aliphatic rings. The molecular weight excluding hydrogens is 554 g/mol. The summed E-state index contributed by atoms with van der Waals surface area (Å²) >= 11 is 0. The third kappa shape index (κ3) is 5.74. The summed E-state index contributed by atoms with van der Waals surface area (Å²) < 4.78 is 12.1. The molecule has 7 N–H and O–H groups in total. The Morgan fingerprint density at radius 1 is 1.02 bits per heavy atom. The highest BCUT2D eigenvalue weighted by Crippen LogP contribution is 2.52. The lowest BCUT2D eigenvalue weighted by Gasteiger charge is -2.41. The summed E-state index contributed by atoms with van der Waals surface area (Å²) in [5.41, 5.74) is 1.56. The first kappa shape index (κ1) is 31.3. The van der Waals surface area contributed by atoms with Gasteiger partial charge >= 0.3 is 0 Å². The van der Waals surface area contributed by atoms with Crippen molar-refractivity contribution in [1.82, 2.24) is 0 Å². The van der Waals surface area contributed by atoms with E-state index in [4.69, 9.17) is 9.47 Å². The summed E-state index contributed by atoms with van der Waals surface area (Å²) in [6, 6.07) is 5.75. The number of aliphatic hydroxyl groups excluding tert-OH is 1. The molecule has 0 spiro atoms. The van der Waals surface area contributed by atoms with Crippen LogP contribution in [0.3, 0.4) is 0 Å². The highest BCUT2D eigenvalue weighted by Gasteiger charge is 2.50. The second kappa shape index (κ2) is 12.5. The van der Waals surface area contributed by atoms with E-state index >= 15 is 0 Å². The molecule has 2 aromatic carbocycles. The van der Waals surface area contributed by atoms with Gasteiger partial charge in [-0.05, 0) is 13.3 Å². The number of carbonyl (C=O) groups excluding carboxylic acids is 3. The van der Waals surface area contributed by atoms with Crippen molar-refractivity contribution in [2.24, 2.45) is 0 Å². The summed E-state index contributed by atoms with van der Waals surface area (Å²) in [6.07, 6.45) is 1.94. The first-order valence-corrected chi connectivity index (χ1v) is 15.3. The van der Waals surface area contributed by atoms with Gasteiger partial charge in [0.2, 0.25) is 0 Å². The van der Waals surface area contributed by atoms with E-state index in [1.807, 2.05) is 0 Å². The lowest BCUT2D eigenvalue weighted by Crippen LogP contribution is -2.71. The number of carbonyl (C=O) groups is 3. The van der Waals surface area contributed by atoms with Crippen molar-refractivity contribution in [1.29, 1.82) is 0 Å². The van der Waals surface area contributed by atoms with E-state index in [-0.39, 0.29) is 59.1 Å². The van der Waals surface area contributed by atoms with E-state index < -0.39 is 65.1 Å². The molecule has 0 saturated carbocycles. The van der Waals surface area contributed by atoms with Crippen LogP contribution in [0.5, 0.6) is 11.5 Å². The molecule has 10 heteroatoms. The highest BCUT2D eigenvalue weighted by molar-refractivity contribution is 6.30. The van der Waals surface area contributed by atoms with Crippen LogP contribution >= 0.6 is 0 Å². The topological polar surface area (TPSA) is 178 Å². The number of ketones is 3. The van der Waals surface area contributed by atoms with Crippen molar-refractivity contribution in [3.05, 3.63) is 57.6 Å². The molecule has 1 fully saturated rings. The highest BCUT2D eigenvalue weighted by atomic mass is 16.7. The Kier molecular flexibility index (Phi) is 9.06. The summed E-state index contributed by atoms with van der Waals surface area (Å²) in [5, 5.41) is 45.2. The average Bonchev–Trinajstić information content (AvgIpc) is 2.97. The monoisotopic (exact) mass is 596 g/mol. The number of ether oxygens (including phenoxy) is 2. The number of hydrogen-bond donors (Lipinski definition) is 5. The van der Waals surface area contributed by atoms with Gasteiger partial charge in [-0.2, -0.15) is 0 Å². The lowest BCUT2D eigenvalue weighted by molar-refractivity contribution is -0.466. The number of phenolic OH excluding ortho intramolecular Hbond substituents is 2. The molecule has 6 atom stereocenters. The molecule has 0 aromatic heterocycles. The van der Waals surface area contributed by atoms with E-state index in [2.05, 4.69) is 12.7 Å².